The molecule has 5 nitrogen and oxygen atoms in total. The highest BCUT2D eigenvalue weighted by Crippen LogP contribution is 2.18. The molecule has 6 heteroatoms. The first-order valence-corrected chi connectivity index (χ1v) is 7.90. The summed E-state index contributed by atoms with van der Waals surface area (Å²) in [7, 11) is -3.49. The molecular weight excluding hydrogens is 266 g/mol. The second kappa shape index (κ2) is 6.56. The molecule has 0 bridgehead atoms. The van der Waals surface area contributed by atoms with Crippen LogP contribution in [0.3, 0.4) is 0 Å². The predicted molar refractivity (Wildman–Crippen MR) is 73.6 cm³/mol. The first-order valence-electron chi connectivity index (χ1n) is 6.01. The molecule has 19 heavy (non-hydrogen) atoms. The van der Waals surface area contributed by atoms with Crippen molar-refractivity contribution in [3.8, 4) is 5.75 Å². The molecule has 106 valence electrons. The van der Waals surface area contributed by atoms with Crippen molar-refractivity contribution in [1.29, 1.82) is 0 Å². The van der Waals surface area contributed by atoms with E-state index >= 15 is 0 Å². The third-order valence-corrected chi connectivity index (χ3v) is 3.04. The maximum Gasteiger partial charge on any atom is 0.236 e. The number of benzene rings is 1. The van der Waals surface area contributed by atoms with Crippen molar-refractivity contribution >= 4 is 15.9 Å². The van der Waals surface area contributed by atoms with Crippen LogP contribution >= 0.6 is 0 Å². The SMILES string of the molecule is CC(C)c1ccc(OCCC(=O)NS(C)(=O)=O)cc1. The van der Waals surface area contributed by atoms with E-state index in [1.54, 1.807) is 0 Å². The van der Waals surface area contributed by atoms with Gasteiger partial charge >= 0.3 is 0 Å². The van der Waals surface area contributed by atoms with Gasteiger partial charge in [-0.25, -0.2) is 8.42 Å². The van der Waals surface area contributed by atoms with Gasteiger partial charge in [-0.15, -0.1) is 0 Å². The van der Waals surface area contributed by atoms with Crippen LogP contribution in [0.5, 0.6) is 5.75 Å². The van der Waals surface area contributed by atoms with Gasteiger partial charge in [0.1, 0.15) is 5.75 Å². The van der Waals surface area contributed by atoms with E-state index in [1.807, 2.05) is 29.0 Å². The summed E-state index contributed by atoms with van der Waals surface area (Å²) < 4.78 is 28.9. The number of hydrogen-bond acceptors (Lipinski definition) is 4. The second-order valence-electron chi connectivity index (χ2n) is 4.62. The van der Waals surface area contributed by atoms with Crippen molar-refractivity contribution in [2.24, 2.45) is 0 Å². The molecule has 0 saturated heterocycles. The fourth-order valence-electron chi connectivity index (χ4n) is 1.47. The van der Waals surface area contributed by atoms with Gasteiger partial charge in [0.25, 0.3) is 0 Å². The van der Waals surface area contributed by atoms with Crippen LogP contribution in [-0.4, -0.2) is 27.2 Å². The topological polar surface area (TPSA) is 72.5 Å². The summed E-state index contributed by atoms with van der Waals surface area (Å²) in [5.74, 6) is 0.549. The van der Waals surface area contributed by atoms with E-state index in [2.05, 4.69) is 13.8 Å². The minimum Gasteiger partial charge on any atom is -0.493 e. The molecule has 0 fully saturated rings. The van der Waals surface area contributed by atoms with Gasteiger partial charge in [-0.1, -0.05) is 26.0 Å². The summed E-state index contributed by atoms with van der Waals surface area (Å²) >= 11 is 0. The molecule has 0 atom stereocenters. The van der Waals surface area contributed by atoms with Gasteiger partial charge in [0.2, 0.25) is 15.9 Å². The Balaban J connectivity index is 2.39. The zero-order valence-corrected chi connectivity index (χ0v) is 12.2. The van der Waals surface area contributed by atoms with Crippen LogP contribution < -0.4 is 9.46 Å². The minimum absolute atomic E-state index is 0.000990. The molecule has 0 radical (unpaired) electrons. The van der Waals surface area contributed by atoms with Gasteiger partial charge in [0, 0.05) is 0 Å². The summed E-state index contributed by atoms with van der Waals surface area (Å²) in [5, 5.41) is 0. The lowest BCUT2D eigenvalue weighted by Gasteiger charge is -2.08. The third-order valence-electron chi connectivity index (χ3n) is 2.44. The Kier molecular flexibility index (Phi) is 5.35. The summed E-state index contributed by atoms with van der Waals surface area (Å²) in [5.41, 5.74) is 1.21. The predicted octanol–water partition coefficient (Wildman–Crippen LogP) is 1.65. The van der Waals surface area contributed by atoms with Gasteiger partial charge in [-0.05, 0) is 23.6 Å². The number of nitrogens with one attached hydrogen (secondary N) is 1. The lowest BCUT2D eigenvalue weighted by atomic mass is 10.0. The van der Waals surface area contributed by atoms with E-state index < -0.39 is 15.9 Å². The highest BCUT2D eigenvalue weighted by Gasteiger charge is 2.08. The quantitative estimate of drug-likeness (QED) is 0.862. The molecule has 0 aliphatic heterocycles. The largest absolute Gasteiger partial charge is 0.493 e. The zero-order chi connectivity index (χ0) is 14.5. The summed E-state index contributed by atoms with van der Waals surface area (Å²) in [6.45, 7) is 4.35. The van der Waals surface area contributed by atoms with Crippen LogP contribution in [0.2, 0.25) is 0 Å². The van der Waals surface area contributed by atoms with Crippen LogP contribution in [0, 0.1) is 0 Å². The van der Waals surface area contributed by atoms with Crippen molar-refractivity contribution in [2.75, 3.05) is 12.9 Å². The lowest BCUT2D eigenvalue weighted by molar-refractivity contribution is -0.119. The molecule has 0 unspecified atom stereocenters. The van der Waals surface area contributed by atoms with Crippen LogP contribution in [0.1, 0.15) is 31.7 Å². The number of rotatable bonds is 6. The Labute approximate surface area is 114 Å². The van der Waals surface area contributed by atoms with Crippen LogP contribution in [0.25, 0.3) is 0 Å². The van der Waals surface area contributed by atoms with Gasteiger partial charge in [0.05, 0.1) is 19.3 Å². The van der Waals surface area contributed by atoms with Crippen molar-refractivity contribution in [2.45, 2.75) is 26.2 Å². The molecule has 1 rings (SSSR count). The maximum absolute atomic E-state index is 11.2. The number of hydrogen-bond donors (Lipinski definition) is 1. The molecular formula is C13H19NO4S. The van der Waals surface area contributed by atoms with E-state index in [-0.39, 0.29) is 13.0 Å². The fourth-order valence-corrected chi connectivity index (χ4v) is 1.98. The molecule has 0 saturated carbocycles. The summed E-state index contributed by atoms with van der Waals surface area (Å²) in [6, 6.07) is 7.61. The average molecular weight is 285 g/mol. The summed E-state index contributed by atoms with van der Waals surface area (Å²) in [6.07, 6.45) is 0.940. The number of ether oxygens (including phenoxy) is 1. The summed E-state index contributed by atoms with van der Waals surface area (Å²) in [4.78, 5) is 11.2. The normalized spacial score (nSPS) is 11.4. The van der Waals surface area contributed by atoms with Crippen molar-refractivity contribution in [1.82, 2.24) is 4.72 Å². The molecule has 1 aromatic rings. The Morgan fingerprint density at radius 3 is 2.32 bits per heavy atom. The molecule has 1 aromatic carbocycles. The molecule has 0 heterocycles. The molecule has 1 amide bonds. The Hall–Kier alpha value is -1.56. The number of amides is 1. The second-order valence-corrected chi connectivity index (χ2v) is 6.37. The average Bonchev–Trinajstić information content (AvgIpc) is 2.27. The van der Waals surface area contributed by atoms with Crippen LogP contribution in [0.4, 0.5) is 0 Å². The van der Waals surface area contributed by atoms with Gasteiger partial charge < -0.3 is 4.74 Å². The van der Waals surface area contributed by atoms with Gasteiger partial charge in [0.15, 0.2) is 0 Å². The fraction of sp³-hybridized carbons (Fsp3) is 0.462. The first-order chi connectivity index (χ1) is 8.78. The maximum atomic E-state index is 11.2. The smallest absolute Gasteiger partial charge is 0.236 e. The Morgan fingerprint density at radius 1 is 1.26 bits per heavy atom. The lowest BCUT2D eigenvalue weighted by Crippen LogP contribution is -2.30. The first kappa shape index (κ1) is 15.5. The van der Waals surface area contributed by atoms with E-state index in [0.29, 0.717) is 11.7 Å². The van der Waals surface area contributed by atoms with Crippen LogP contribution in [-0.2, 0) is 14.8 Å². The highest BCUT2D eigenvalue weighted by molar-refractivity contribution is 7.89. The number of carbonyl (C=O) groups excluding carboxylic acids is 1. The van der Waals surface area contributed by atoms with Gasteiger partial charge in [-0.2, -0.15) is 0 Å². The monoisotopic (exact) mass is 285 g/mol. The highest BCUT2D eigenvalue weighted by atomic mass is 32.2. The number of carbonyl (C=O) groups is 1. The van der Waals surface area contributed by atoms with Crippen molar-refractivity contribution in [3.05, 3.63) is 29.8 Å². The molecule has 0 aliphatic rings. The molecule has 0 aromatic heterocycles. The molecule has 1 N–H and O–H groups in total. The van der Waals surface area contributed by atoms with Crippen LogP contribution in [0.15, 0.2) is 24.3 Å². The van der Waals surface area contributed by atoms with E-state index in [4.69, 9.17) is 4.74 Å². The van der Waals surface area contributed by atoms with E-state index in [1.165, 1.54) is 5.56 Å². The third kappa shape index (κ3) is 6.24. The number of sulfonamides is 1. The Morgan fingerprint density at radius 2 is 1.84 bits per heavy atom. The van der Waals surface area contributed by atoms with E-state index in [0.717, 1.165) is 6.26 Å². The van der Waals surface area contributed by atoms with E-state index in [9.17, 15) is 13.2 Å². The zero-order valence-electron chi connectivity index (χ0n) is 11.3. The Bertz CT molecular complexity index is 520. The van der Waals surface area contributed by atoms with Crippen molar-refractivity contribution < 1.29 is 17.9 Å². The van der Waals surface area contributed by atoms with Crippen molar-refractivity contribution in [3.63, 3.8) is 0 Å². The standard InChI is InChI=1S/C13H19NO4S/c1-10(2)11-4-6-12(7-5-11)18-9-8-13(15)14-19(3,16)17/h4-7,10H,8-9H2,1-3H3,(H,14,15). The molecule has 0 spiro atoms. The van der Waals surface area contributed by atoms with Gasteiger partial charge in [-0.3, -0.25) is 9.52 Å². The minimum atomic E-state index is -3.49. The molecule has 0 aliphatic carbocycles.